The summed E-state index contributed by atoms with van der Waals surface area (Å²) < 4.78 is 5.27. The molecule has 0 aliphatic carbocycles. The zero-order chi connectivity index (χ0) is 19.5. The molecule has 0 spiro atoms. The van der Waals surface area contributed by atoms with E-state index in [4.69, 9.17) is 4.74 Å². The van der Waals surface area contributed by atoms with Gasteiger partial charge in [-0.15, -0.1) is 0 Å². The number of cyclic esters (lactones) is 1. The van der Waals surface area contributed by atoms with Crippen LogP contribution >= 0.6 is 0 Å². The van der Waals surface area contributed by atoms with E-state index in [0.29, 0.717) is 24.3 Å². The van der Waals surface area contributed by atoms with Crippen molar-refractivity contribution in [3.8, 4) is 11.1 Å². The minimum atomic E-state index is -0.392. The molecule has 1 heterocycles. The van der Waals surface area contributed by atoms with Crippen molar-refractivity contribution < 1.29 is 14.5 Å². The van der Waals surface area contributed by atoms with Crippen LogP contribution in [0.2, 0.25) is 0 Å². The molecule has 28 heavy (non-hydrogen) atoms. The zero-order valence-corrected chi connectivity index (χ0v) is 15.0. The summed E-state index contributed by atoms with van der Waals surface area (Å²) in [6.07, 6.45) is 0.317. The number of hydrogen-bond donors (Lipinski definition) is 0. The number of nitrogens with zero attached hydrogens (tertiary/aromatic N) is 2. The van der Waals surface area contributed by atoms with E-state index in [-0.39, 0.29) is 17.8 Å². The molecule has 140 valence electrons. The molecule has 1 atom stereocenters. The molecular weight excluding hydrogens is 356 g/mol. The molecule has 1 saturated heterocycles. The van der Waals surface area contributed by atoms with Crippen LogP contribution in [0.3, 0.4) is 0 Å². The summed E-state index contributed by atoms with van der Waals surface area (Å²) in [5.74, 6) is 0. The van der Waals surface area contributed by atoms with Crippen molar-refractivity contribution in [3.63, 3.8) is 0 Å². The van der Waals surface area contributed by atoms with Crippen LogP contribution in [0.1, 0.15) is 5.56 Å². The van der Waals surface area contributed by atoms with Gasteiger partial charge in [0.1, 0.15) is 6.61 Å². The first-order valence-electron chi connectivity index (χ1n) is 8.97. The van der Waals surface area contributed by atoms with Crippen LogP contribution in [0.4, 0.5) is 16.2 Å². The van der Waals surface area contributed by atoms with Gasteiger partial charge in [0.15, 0.2) is 0 Å². The molecular formula is C22H18N2O4. The molecule has 1 fully saturated rings. The monoisotopic (exact) mass is 374 g/mol. The van der Waals surface area contributed by atoms with E-state index >= 15 is 0 Å². The normalized spacial score (nSPS) is 16.1. The van der Waals surface area contributed by atoms with E-state index in [2.05, 4.69) is 0 Å². The number of ether oxygens (including phenoxy) is 1. The zero-order valence-electron chi connectivity index (χ0n) is 15.0. The number of anilines is 1. The van der Waals surface area contributed by atoms with Crippen LogP contribution in [-0.4, -0.2) is 23.7 Å². The molecule has 0 bridgehead atoms. The first-order valence-corrected chi connectivity index (χ1v) is 8.97. The predicted octanol–water partition coefficient (Wildman–Crippen LogP) is 4.83. The van der Waals surface area contributed by atoms with E-state index in [9.17, 15) is 14.9 Å². The summed E-state index contributed by atoms with van der Waals surface area (Å²) in [5.41, 5.74) is 3.17. The predicted molar refractivity (Wildman–Crippen MR) is 106 cm³/mol. The van der Waals surface area contributed by atoms with Gasteiger partial charge in [-0.3, -0.25) is 15.0 Å². The highest BCUT2D eigenvalue weighted by molar-refractivity contribution is 5.91. The number of benzene rings is 3. The molecule has 1 unspecified atom stereocenters. The van der Waals surface area contributed by atoms with Gasteiger partial charge in [-0.25, -0.2) is 4.79 Å². The summed E-state index contributed by atoms with van der Waals surface area (Å²) in [7, 11) is 0. The van der Waals surface area contributed by atoms with Crippen LogP contribution in [0.25, 0.3) is 11.1 Å². The maximum absolute atomic E-state index is 12.3. The van der Waals surface area contributed by atoms with Crippen molar-refractivity contribution in [3.05, 3.63) is 94.5 Å². The second-order valence-corrected chi connectivity index (χ2v) is 6.61. The highest BCUT2D eigenvalue weighted by atomic mass is 16.6. The summed E-state index contributed by atoms with van der Waals surface area (Å²) in [4.78, 5) is 24.8. The van der Waals surface area contributed by atoms with Crippen molar-refractivity contribution >= 4 is 17.5 Å². The number of carbonyl (C=O) groups is 1. The first kappa shape index (κ1) is 17.7. The third-order valence-electron chi connectivity index (χ3n) is 4.83. The Morgan fingerprint density at radius 1 is 0.964 bits per heavy atom. The van der Waals surface area contributed by atoms with Gasteiger partial charge < -0.3 is 4.74 Å². The summed E-state index contributed by atoms with van der Waals surface area (Å²) in [6.45, 7) is 0.333. The van der Waals surface area contributed by atoms with Gasteiger partial charge in [-0.2, -0.15) is 0 Å². The van der Waals surface area contributed by atoms with Gasteiger partial charge in [0.25, 0.3) is 5.69 Å². The lowest BCUT2D eigenvalue weighted by Crippen LogP contribution is -2.35. The molecule has 0 radical (unpaired) electrons. The van der Waals surface area contributed by atoms with Crippen molar-refractivity contribution in [2.45, 2.75) is 12.5 Å². The molecule has 0 aromatic heterocycles. The lowest BCUT2D eigenvalue weighted by atomic mass is 10.0. The van der Waals surface area contributed by atoms with Crippen LogP contribution in [0, 0.1) is 10.1 Å². The van der Waals surface area contributed by atoms with E-state index in [1.807, 2.05) is 30.3 Å². The fourth-order valence-electron chi connectivity index (χ4n) is 3.49. The van der Waals surface area contributed by atoms with Crippen molar-refractivity contribution in [2.24, 2.45) is 0 Å². The third-order valence-corrected chi connectivity index (χ3v) is 4.83. The average molecular weight is 374 g/mol. The van der Waals surface area contributed by atoms with Crippen LogP contribution in [-0.2, 0) is 11.2 Å². The molecule has 3 aromatic carbocycles. The Morgan fingerprint density at radius 3 is 2.36 bits per heavy atom. The standard InChI is InChI=1S/C22H18N2O4/c25-22-23(19(15-28-22)14-16-6-2-1-3-7-16)18-12-10-17(11-13-18)20-8-4-5-9-21(20)24(26)27/h1-13,19H,14-15H2. The maximum atomic E-state index is 12.3. The van der Waals surface area contributed by atoms with Crippen molar-refractivity contribution in [1.29, 1.82) is 0 Å². The Morgan fingerprint density at radius 2 is 1.64 bits per heavy atom. The van der Waals surface area contributed by atoms with Gasteiger partial charge >= 0.3 is 6.09 Å². The number of nitro groups is 1. The Bertz CT molecular complexity index is 1000. The smallest absolute Gasteiger partial charge is 0.414 e. The van der Waals surface area contributed by atoms with Gasteiger partial charge in [-0.1, -0.05) is 54.6 Å². The number of hydrogen-bond acceptors (Lipinski definition) is 4. The second kappa shape index (κ2) is 7.52. The minimum Gasteiger partial charge on any atom is -0.447 e. The van der Waals surface area contributed by atoms with Gasteiger partial charge in [-0.05, 0) is 35.7 Å². The molecule has 0 saturated carbocycles. The molecule has 1 amide bonds. The maximum Gasteiger partial charge on any atom is 0.414 e. The largest absolute Gasteiger partial charge is 0.447 e. The van der Waals surface area contributed by atoms with Crippen molar-refractivity contribution in [2.75, 3.05) is 11.5 Å². The van der Waals surface area contributed by atoms with E-state index in [1.165, 1.54) is 6.07 Å². The molecule has 1 aliphatic heterocycles. The molecule has 6 heteroatoms. The van der Waals surface area contributed by atoms with E-state index < -0.39 is 4.92 Å². The molecule has 1 aliphatic rings. The topological polar surface area (TPSA) is 72.7 Å². The number of amides is 1. The Labute approximate surface area is 162 Å². The first-order chi connectivity index (χ1) is 13.6. The summed E-state index contributed by atoms with van der Waals surface area (Å²) in [5, 5.41) is 11.3. The molecule has 0 N–H and O–H groups in total. The lowest BCUT2D eigenvalue weighted by molar-refractivity contribution is -0.384. The van der Waals surface area contributed by atoms with Gasteiger partial charge in [0.05, 0.1) is 16.5 Å². The Hall–Kier alpha value is -3.67. The second-order valence-electron chi connectivity index (χ2n) is 6.61. The van der Waals surface area contributed by atoms with Crippen LogP contribution in [0.5, 0.6) is 0 Å². The molecule has 6 nitrogen and oxygen atoms in total. The summed E-state index contributed by atoms with van der Waals surface area (Å²) >= 11 is 0. The fraction of sp³-hybridized carbons (Fsp3) is 0.136. The Balaban J connectivity index is 1.61. The SMILES string of the molecule is O=C1OCC(Cc2ccccc2)N1c1ccc(-c2ccccc2[N+](=O)[O-])cc1. The number of carbonyl (C=O) groups excluding carboxylic acids is 1. The van der Waals surface area contributed by atoms with Gasteiger partial charge in [0, 0.05) is 11.8 Å². The lowest BCUT2D eigenvalue weighted by Gasteiger charge is -2.22. The van der Waals surface area contributed by atoms with Crippen LogP contribution in [0.15, 0.2) is 78.9 Å². The quantitative estimate of drug-likeness (QED) is 0.474. The number of nitro benzene ring substituents is 1. The highest BCUT2D eigenvalue weighted by Crippen LogP contribution is 2.32. The fourth-order valence-corrected chi connectivity index (χ4v) is 3.49. The number of para-hydroxylation sites is 1. The third kappa shape index (κ3) is 3.44. The summed E-state index contributed by atoms with van der Waals surface area (Å²) in [6, 6.07) is 23.7. The molecule has 3 aromatic rings. The molecule has 4 rings (SSSR count). The number of rotatable bonds is 5. The average Bonchev–Trinajstić information content (AvgIpc) is 3.09. The minimum absolute atomic E-state index is 0.0535. The Kier molecular flexibility index (Phi) is 4.76. The van der Waals surface area contributed by atoms with Crippen molar-refractivity contribution in [1.82, 2.24) is 0 Å². The van der Waals surface area contributed by atoms with Gasteiger partial charge in [0.2, 0.25) is 0 Å². The van der Waals surface area contributed by atoms with E-state index in [1.54, 1.807) is 47.4 Å². The van der Waals surface area contributed by atoms with E-state index in [0.717, 1.165) is 11.1 Å². The van der Waals surface area contributed by atoms with Crippen LogP contribution < -0.4 is 4.90 Å². The highest BCUT2D eigenvalue weighted by Gasteiger charge is 2.34.